The van der Waals surface area contributed by atoms with Crippen LogP contribution in [0.1, 0.15) is 44.1 Å². The number of hydrogen-bond acceptors (Lipinski definition) is 2. The van der Waals surface area contributed by atoms with E-state index in [0.717, 1.165) is 5.56 Å². The first-order chi connectivity index (χ1) is 7.84. The summed E-state index contributed by atoms with van der Waals surface area (Å²) < 4.78 is 5.91. The summed E-state index contributed by atoms with van der Waals surface area (Å²) in [5.41, 5.74) is 1.11. The lowest BCUT2D eigenvalue weighted by Crippen LogP contribution is -2.11. The van der Waals surface area contributed by atoms with E-state index in [1.807, 2.05) is 12.1 Å². The van der Waals surface area contributed by atoms with Crippen LogP contribution in [-0.2, 0) is 11.3 Å². The predicted octanol–water partition coefficient (Wildman–Crippen LogP) is 3.97. The smallest absolute Gasteiger partial charge is 0.129 e. The van der Waals surface area contributed by atoms with E-state index in [0.29, 0.717) is 17.9 Å². The number of hydrogen-bond donors (Lipinski definition) is 0. The summed E-state index contributed by atoms with van der Waals surface area (Å²) in [6.45, 7) is 0.662. The van der Waals surface area contributed by atoms with Gasteiger partial charge in [0, 0.05) is 6.20 Å². The van der Waals surface area contributed by atoms with Crippen molar-refractivity contribution in [2.24, 2.45) is 0 Å². The van der Waals surface area contributed by atoms with E-state index in [-0.39, 0.29) is 0 Å². The van der Waals surface area contributed by atoms with E-state index < -0.39 is 0 Å². The molecule has 0 radical (unpaired) electrons. The Morgan fingerprint density at radius 2 is 1.94 bits per heavy atom. The highest BCUT2D eigenvalue weighted by Crippen LogP contribution is 2.20. The zero-order chi connectivity index (χ0) is 11.2. The van der Waals surface area contributed by atoms with Crippen molar-refractivity contribution < 1.29 is 4.74 Å². The molecule has 0 N–H and O–H groups in total. The highest BCUT2D eigenvalue weighted by Gasteiger charge is 2.12. The second-order valence-electron chi connectivity index (χ2n) is 4.41. The van der Waals surface area contributed by atoms with Crippen LogP contribution in [0.25, 0.3) is 0 Å². The fourth-order valence-corrected chi connectivity index (χ4v) is 2.23. The van der Waals surface area contributed by atoms with Crippen molar-refractivity contribution in [2.45, 2.75) is 51.2 Å². The molecule has 2 rings (SSSR count). The van der Waals surface area contributed by atoms with E-state index in [4.69, 9.17) is 16.3 Å². The second-order valence-corrected chi connectivity index (χ2v) is 4.80. The van der Waals surface area contributed by atoms with Crippen molar-refractivity contribution in [3.05, 3.63) is 29.0 Å². The molecular weight excluding hydrogens is 222 g/mol. The number of nitrogens with zero attached hydrogens (tertiary/aromatic N) is 1. The van der Waals surface area contributed by atoms with Crippen molar-refractivity contribution in [2.75, 3.05) is 0 Å². The van der Waals surface area contributed by atoms with Crippen LogP contribution >= 0.6 is 11.6 Å². The molecule has 0 bridgehead atoms. The number of rotatable bonds is 3. The summed E-state index contributed by atoms with van der Waals surface area (Å²) >= 11 is 5.73. The van der Waals surface area contributed by atoms with Crippen molar-refractivity contribution >= 4 is 11.6 Å². The van der Waals surface area contributed by atoms with E-state index in [1.54, 1.807) is 6.20 Å². The third-order valence-corrected chi connectivity index (χ3v) is 3.30. The Bertz CT molecular complexity index is 304. The van der Waals surface area contributed by atoms with E-state index in [2.05, 4.69) is 4.98 Å². The Morgan fingerprint density at radius 3 is 2.56 bits per heavy atom. The van der Waals surface area contributed by atoms with Gasteiger partial charge in [-0.3, -0.25) is 0 Å². The minimum absolute atomic E-state index is 0.443. The van der Waals surface area contributed by atoms with Crippen LogP contribution < -0.4 is 0 Å². The van der Waals surface area contributed by atoms with Gasteiger partial charge in [0.25, 0.3) is 0 Å². The molecule has 1 aliphatic carbocycles. The first-order valence-corrected chi connectivity index (χ1v) is 6.44. The van der Waals surface area contributed by atoms with Gasteiger partial charge in [0.1, 0.15) is 5.15 Å². The first kappa shape index (κ1) is 11.9. The number of ether oxygens (including phenoxy) is 1. The van der Waals surface area contributed by atoms with Gasteiger partial charge in [0.15, 0.2) is 0 Å². The lowest BCUT2D eigenvalue weighted by atomic mass is 10.1. The Hall–Kier alpha value is -0.600. The molecule has 1 aliphatic rings. The standard InChI is InChI=1S/C13H18ClNO/c14-13-8-7-11(9-15-13)10-16-12-5-3-1-2-4-6-12/h7-9,12H,1-6,10H2. The molecule has 0 amide bonds. The lowest BCUT2D eigenvalue weighted by molar-refractivity contribution is 0.0308. The maximum absolute atomic E-state index is 5.91. The molecule has 16 heavy (non-hydrogen) atoms. The third-order valence-electron chi connectivity index (χ3n) is 3.08. The fourth-order valence-electron chi connectivity index (χ4n) is 2.11. The van der Waals surface area contributed by atoms with Crippen LogP contribution in [0.2, 0.25) is 5.15 Å². The third kappa shape index (κ3) is 3.76. The summed E-state index contributed by atoms with van der Waals surface area (Å²) in [5, 5.41) is 0.540. The minimum Gasteiger partial charge on any atom is -0.373 e. The summed E-state index contributed by atoms with van der Waals surface area (Å²) in [7, 11) is 0. The first-order valence-electron chi connectivity index (χ1n) is 6.06. The van der Waals surface area contributed by atoms with Crippen molar-refractivity contribution in [3.63, 3.8) is 0 Å². The Labute approximate surface area is 102 Å². The molecule has 0 spiro atoms. The van der Waals surface area contributed by atoms with Crippen LogP contribution in [0.3, 0.4) is 0 Å². The maximum atomic E-state index is 5.91. The molecular formula is C13H18ClNO. The topological polar surface area (TPSA) is 22.1 Å². The van der Waals surface area contributed by atoms with Crippen molar-refractivity contribution in [1.29, 1.82) is 0 Å². The maximum Gasteiger partial charge on any atom is 0.129 e. The van der Waals surface area contributed by atoms with Gasteiger partial charge in [-0.2, -0.15) is 0 Å². The normalized spacial score (nSPS) is 18.3. The van der Waals surface area contributed by atoms with Crippen molar-refractivity contribution in [1.82, 2.24) is 4.98 Å². The molecule has 0 unspecified atom stereocenters. The number of halogens is 1. The Balaban J connectivity index is 1.79. The van der Waals surface area contributed by atoms with E-state index >= 15 is 0 Å². The number of pyridine rings is 1. The molecule has 0 saturated heterocycles. The van der Waals surface area contributed by atoms with E-state index in [1.165, 1.54) is 38.5 Å². The summed E-state index contributed by atoms with van der Waals surface area (Å²) in [6.07, 6.45) is 10.00. The van der Waals surface area contributed by atoms with Gasteiger partial charge in [-0.05, 0) is 24.5 Å². The second kappa shape index (κ2) is 6.21. The van der Waals surface area contributed by atoms with Gasteiger partial charge in [-0.25, -0.2) is 4.98 Å². The molecule has 3 heteroatoms. The lowest BCUT2D eigenvalue weighted by Gasteiger charge is -2.15. The summed E-state index contributed by atoms with van der Waals surface area (Å²) in [6, 6.07) is 3.79. The molecule has 1 heterocycles. The average Bonchev–Trinajstić information content (AvgIpc) is 2.57. The minimum atomic E-state index is 0.443. The summed E-state index contributed by atoms with van der Waals surface area (Å²) in [4.78, 5) is 4.05. The van der Waals surface area contributed by atoms with Crippen LogP contribution in [-0.4, -0.2) is 11.1 Å². The van der Waals surface area contributed by atoms with Crippen LogP contribution in [0.4, 0.5) is 0 Å². The SMILES string of the molecule is Clc1ccc(COC2CCCCCC2)cn1. The molecule has 1 aromatic heterocycles. The van der Waals surface area contributed by atoms with Crippen LogP contribution in [0.5, 0.6) is 0 Å². The van der Waals surface area contributed by atoms with Gasteiger partial charge in [0.2, 0.25) is 0 Å². The summed E-state index contributed by atoms with van der Waals surface area (Å²) in [5.74, 6) is 0. The van der Waals surface area contributed by atoms with Gasteiger partial charge >= 0.3 is 0 Å². The highest BCUT2D eigenvalue weighted by atomic mass is 35.5. The van der Waals surface area contributed by atoms with Gasteiger partial charge < -0.3 is 4.74 Å². The van der Waals surface area contributed by atoms with Crippen molar-refractivity contribution in [3.8, 4) is 0 Å². The molecule has 1 fully saturated rings. The Kier molecular flexibility index (Phi) is 4.61. The average molecular weight is 240 g/mol. The van der Waals surface area contributed by atoms with Gasteiger partial charge in [-0.15, -0.1) is 0 Å². The zero-order valence-electron chi connectivity index (χ0n) is 9.49. The zero-order valence-corrected chi connectivity index (χ0v) is 10.2. The molecule has 1 saturated carbocycles. The molecule has 1 aromatic rings. The Morgan fingerprint density at radius 1 is 1.19 bits per heavy atom. The largest absolute Gasteiger partial charge is 0.373 e. The molecule has 88 valence electrons. The monoisotopic (exact) mass is 239 g/mol. The quantitative estimate of drug-likeness (QED) is 0.588. The number of aromatic nitrogens is 1. The van der Waals surface area contributed by atoms with Gasteiger partial charge in [-0.1, -0.05) is 43.4 Å². The highest BCUT2D eigenvalue weighted by molar-refractivity contribution is 6.29. The van der Waals surface area contributed by atoms with Crippen LogP contribution in [0.15, 0.2) is 18.3 Å². The molecule has 0 aliphatic heterocycles. The van der Waals surface area contributed by atoms with E-state index in [9.17, 15) is 0 Å². The van der Waals surface area contributed by atoms with Gasteiger partial charge in [0.05, 0.1) is 12.7 Å². The molecule has 2 nitrogen and oxygen atoms in total. The predicted molar refractivity (Wildman–Crippen MR) is 65.5 cm³/mol. The molecule has 0 aromatic carbocycles. The molecule has 0 atom stereocenters. The fraction of sp³-hybridized carbons (Fsp3) is 0.615. The van der Waals surface area contributed by atoms with Crippen LogP contribution in [0, 0.1) is 0 Å².